The van der Waals surface area contributed by atoms with Crippen LogP contribution in [0.4, 0.5) is 0 Å². The molecule has 8 heteroatoms. The third kappa shape index (κ3) is 3.09. The molecule has 0 bridgehead atoms. The molecule has 1 amide bonds. The lowest BCUT2D eigenvalue weighted by molar-refractivity contribution is 0.0957. The lowest BCUT2D eigenvalue weighted by Gasteiger charge is -2.05. The van der Waals surface area contributed by atoms with E-state index in [2.05, 4.69) is 20.5 Å². The molecule has 0 spiro atoms. The molecule has 2 aromatic heterocycles. The number of thioether (sulfide) groups is 1. The van der Waals surface area contributed by atoms with E-state index in [1.807, 2.05) is 36.7 Å². The molecule has 0 aliphatic rings. The van der Waals surface area contributed by atoms with Crippen LogP contribution in [0.3, 0.4) is 0 Å². The molecule has 0 aliphatic heterocycles. The molecule has 0 aliphatic carbocycles. The molecule has 0 unspecified atom stereocenters. The van der Waals surface area contributed by atoms with Gasteiger partial charge in [0.2, 0.25) is 0 Å². The minimum Gasteiger partial charge on any atom is -0.497 e. The van der Waals surface area contributed by atoms with Crippen molar-refractivity contribution in [2.24, 2.45) is 7.05 Å². The summed E-state index contributed by atoms with van der Waals surface area (Å²) in [5, 5.41) is 11.2. The Morgan fingerprint density at radius 1 is 1.46 bits per heavy atom. The van der Waals surface area contributed by atoms with E-state index in [1.54, 1.807) is 7.11 Å². The molecular weight excluding hydrogens is 326 g/mol. The average Bonchev–Trinajstić information content (AvgIpc) is 3.19. The normalized spacial score (nSPS) is 11.0. The Bertz CT molecular complexity index is 857. The zero-order chi connectivity index (χ0) is 17.1. The van der Waals surface area contributed by atoms with Crippen LogP contribution in [0.5, 0.6) is 5.75 Å². The molecule has 0 radical (unpaired) electrons. The molecule has 2 heterocycles. The molecule has 126 valence electrons. The van der Waals surface area contributed by atoms with Gasteiger partial charge in [-0.25, -0.2) is 4.98 Å². The molecule has 0 saturated carbocycles. The Balaban J connectivity index is 1.75. The highest BCUT2D eigenvalue weighted by atomic mass is 32.2. The van der Waals surface area contributed by atoms with Crippen molar-refractivity contribution < 1.29 is 9.53 Å². The summed E-state index contributed by atoms with van der Waals surface area (Å²) in [6, 6.07) is 5.77. The van der Waals surface area contributed by atoms with Crippen LogP contribution in [-0.4, -0.2) is 45.1 Å². The number of aromatic nitrogens is 4. The van der Waals surface area contributed by atoms with Crippen molar-refractivity contribution in [3.05, 3.63) is 35.8 Å². The van der Waals surface area contributed by atoms with Gasteiger partial charge < -0.3 is 14.6 Å². The lowest BCUT2D eigenvalue weighted by atomic mass is 10.1. The third-order valence-electron chi connectivity index (χ3n) is 3.95. The summed E-state index contributed by atoms with van der Waals surface area (Å²) in [6.45, 7) is 2.49. The molecular formula is C16H19N5O2S. The van der Waals surface area contributed by atoms with Crippen molar-refractivity contribution in [1.29, 1.82) is 0 Å². The van der Waals surface area contributed by atoms with Gasteiger partial charge in [0.05, 0.1) is 12.7 Å². The molecule has 1 aromatic carbocycles. The summed E-state index contributed by atoms with van der Waals surface area (Å²) in [6.07, 6.45) is 1.47. The van der Waals surface area contributed by atoms with E-state index in [1.165, 1.54) is 18.1 Å². The number of hydrogen-bond acceptors (Lipinski definition) is 5. The van der Waals surface area contributed by atoms with E-state index in [-0.39, 0.29) is 5.91 Å². The molecule has 3 aromatic rings. The Morgan fingerprint density at radius 2 is 2.29 bits per heavy atom. The highest BCUT2D eigenvalue weighted by Gasteiger charge is 2.18. The first-order valence-electron chi connectivity index (χ1n) is 7.51. The largest absolute Gasteiger partial charge is 0.497 e. The molecule has 0 fully saturated rings. The molecule has 7 nitrogen and oxygen atoms in total. The summed E-state index contributed by atoms with van der Waals surface area (Å²) >= 11 is 1.51. The highest BCUT2D eigenvalue weighted by molar-refractivity contribution is 7.99. The van der Waals surface area contributed by atoms with Crippen molar-refractivity contribution in [2.75, 3.05) is 19.4 Å². The summed E-state index contributed by atoms with van der Waals surface area (Å²) in [4.78, 5) is 16.7. The number of aromatic amines is 1. The second kappa shape index (κ2) is 6.96. The van der Waals surface area contributed by atoms with Gasteiger partial charge >= 0.3 is 0 Å². The van der Waals surface area contributed by atoms with Gasteiger partial charge in [0.15, 0.2) is 5.16 Å². The SMILES string of the molecule is COc1ccc2c(c1)c(C(=O)NCCSc1ncn[nH]1)c(C)n2C. The molecule has 0 atom stereocenters. The van der Waals surface area contributed by atoms with Gasteiger partial charge in [-0.1, -0.05) is 11.8 Å². The van der Waals surface area contributed by atoms with Crippen LogP contribution in [0, 0.1) is 6.92 Å². The van der Waals surface area contributed by atoms with Gasteiger partial charge in [-0.3, -0.25) is 9.89 Å². The summed E-state index contributed by atoms with van der Waals surface area (Å²) in [7, 11) is 3.58. The van der Waals surface area contributed by atoms with E-state index in [0.717, 1.165) is 27.5 Å². The Morgan fingerprint density at radius 3 is 3.00 bits per heavy atom. The van der Waals surface area contributed by atoms with E-state index in [4.69, 9.17) is 4.74 Å². The first-order valence-corrected chi connectivity index (χ1v) is 8.49. The summed E-state index contributed by atoms with van der Waals surface area (Å²) in [5.74, 6) is 1.38. The maximum atomic E-state index is 12.6. The zero-order valence-corrected chi connectivity index (χ0v) is 14.6. The smallest absolute Gasteiger partial charge is 0.253 e. The van der Waals surface area contributed by atoms with Crippen LogP contribution >= 0.6 is 11.8 Å². The fourth-order valence-corrected chi connectivity index (χ4v) is 3.27. The minimum absolute atomic E-state index is 0.0791. The predicted octanol–water partition coefficient (Wildman–Crippen LogP) is 2.14. The summed E-state index contributed by atoms with van der Waals surface area (Å²) in [5.41, 5.74) is 2.63. The van der Waals surface area contributed by atoms with E-state index in [0.29, 0.717) is 17.9 Å². The molecule has 0 saturated heterocycles. The van der Waals surface area contributed by atoms with Crippen molar-refractivity contribution >= 4 is 28.6 Å². The van der Waals surface area contributed by atoms with Gasteiger partial charge in [0, 0.05) is 35.9 Å². The zero-order valence-electron chi connectivity index (χ0n) is 13.8. The second-order valence-corrected chi connectivity index (χ2v) is 6.38. The summed E-state index contributed by atoms with van der Waals surface area (Å²) < 4.78 is 7.31. The first-order chi connectivity index (χ1) is 11.6. The number of methoxy groups -OCH3 is 1. The van der Waals surface area contributed by atoms with Crippen LogP contribution in [0.25, 0.3) is 10.9 Å². The number of amides is 1. The number of hydrogen-bond donors (Lipinski definition) is 2. The number of rotatable bonds is 6. The van der Waals surface area contributed by atoms with E-state index in [9.17, 15) is 4.79 Å². The quantitative estimate of drug-likeness (QED) is 0.528. The topological polar surface area (TPSA) is 84.8 Å². The van der Waals surface area contributed by atoms with Crippen molar-refractivity contribution in [3.63, 3.8) is 0 Å². The van der Waals surface area contributed by atoms with Crippen molar-refractivity contribution in [3.8, 4) is 5.75 Å². The number of nitrogens with one attached hydrogen (secondary N) is 2. The number of benzene rings is 1. The predicted molar refractivity (Wildman–Crippen MR) is 93.6 cm³/mol. The van der Waals surface area contributed by atoms with Crippen LogP contribution in [0.1, 0.15) is 16.1 Å². The highest BCUT2D eigenvalue weighted by Crippen LogP contribution is 2.28. The monoisotopic (exact) mass is 345 g/mol. The average molecular weight is 345 g/mol. The number of fused-ring (bicyclic) bond motifs is 1. The van der Waals surface area contributed by atoms with Crippen LogP contribution in [0.15, 0.2) is 29.7 Å². The van der Waals surface area contributed by atoms with Gasteiger partial charge in [-0.2, -0.15) is 5.10 Å². The molecule has 3 rings (SSSR count). The number of nitrogens with zero attached hydrogens (tertiary/aromatic N) is 3. The number of carbonyl (C=O) groups is 1. The molecule has 24 heavy (non-hydrogen) atoms. The van der Waals surface area contributed by atoms with E-state index >= 15 is 0 Å². The molecule has 2 N–H and O–H groups in total. The number of ether oxygens (including phenoxy) is 1. The van der Waals surface area contributed by atoms with Gasteiger partial charge in [-0.05, 0) is 25.1 Å². The van der Waals surface area contributed by atoms with Gasteiger partial charge in [0.25, 0.3) is 5.91 Å². The third-order valence-corrected chi connectivity index (χ3v) is 4.82. The first kappa shape index (κ1) is 16.4. The Hall–Kier alpha value is -2.48. The van der Waals surface area contributed by atoms with Crippen LogP contribution in [-0.2, 0) is 7.05 Å². The fraction of sp³-hybridized carbons (Fsp3) is 0.312. The van der Waals surface area contributed by atoms with Crippen molar-refractivity contribution in [1.82, 2.24) is 25.1 Å². The standard InChI is InChI=1S/C16H19N5O2S/c1-10-14(12-8-11(23-3)4-5-13(12)21(10)2)15(22)17-6-7-24-16-18-9-19-20-16/h4-5,8-9H,6-7H2,1-3H3,(H,17,22)(H,18,19,20). The Labute approximate surface area is 143 Å². The Kier molecular flexibility index (Phi) is 4.75. The van der Waals surface area contributed by atoms with Crippen LogP contribution < -0.4 is 10.1 Å². The maximum absolute atomic E-state index is 12.6. The van der Waals surface area contributed by atoms with Gasteiger partial charge in [0.1, 0.15) is 12.1 Å². The van der Waals surface area contributed by atoms with E-state index < -0.39 is 0 Å². The number of H-pyrrole nitrogens is 1. The minimum atomic E-state index is -0.0791. The number of carbonyl (C=O) groups excluding carboxylic acids is 1. The van der Waals surface area contributed by atoms with Crippen molar-refractivity contribution in [2.45, 2.75) is 12.1 Å². The van der Waals surface area contributed by atoms with Crippen LogP contribution in [0.2, 0.25) is 0 Å². The number of aryl methyl sites for hydroxylation is 1. The lowest BCUT2D eigenvalue weighted by Crippen LogP contribution is -2.26. The second-order valence-electron chi connectivity index (χ2n) is 5.30. The van der Waals surface area contributed by atoms with Gasteiger partial charge in [-0.15, -0.1) is 0 Å². The maximum Gasteiger partial charge on any atom is 0.253 e. The fourth-order valence-electron chi connectivity index (χ4n) is 2.63.